The molecule has 0 saturated carbocycles. The fourth-order valence-corrected chi connectivity index (χ4v) is 4.88. The summed E-state index contributed by atoms with van der Waals surface area (Å²) in [5, 5.41) is 3.44. The van der Waals surface area contributed by atoms with Crippen molar-refractivity contribution in [3.63, 3.8) is 0 Å². The van der Waals surface area contributed by atoms with E-state index in [1.54, 1.807) is 0 Å². The summed E-state index contributed by atoms with van der Waals surface area (Å²) in [6.45, 7) is 0. The number of rotatable bonds is 3. The molecule has 2 bridgehead atoms. The lowest BCUT2D eigenvalue weighted by Crippen LogP contribution is -2.48. The summed E-state index contributed by atoms with van der Waals surface area (Å²) in [7, 11) is -2.27. The largest absolute Gasteiger partial charge is 0.416 e. The molecule has 2 heterocycles. The average molecular weight is 385 g/mol. The van der Waals surface area contributed by atoms with Crippen LogP contribution in [-0.4, -0.2) is 37.9 Å². The third-order valence-electron chi connectivity index (χ3n) is 4.82. The van der Waals surface area contributed by atoms with Gasteiger partial charge in [0.05, 0.1) is 10.5 Å². The molecule has 0 radical (unpaired) electrons. The molecule has 4 nitrogen and oxygen atoms in total. The Labute approximate surface area is 145 Å². The Morgan fingerprint density at radius 3 is 2.04 bits per heavy atom. The molecule has 0 spiro atoms. The molecule has 2 fully saturated rings. The first-order chi connectivity index (χ1) is 10.7. The highest BCUT2D eigenvalue weighted by atomic mass is 35.5. The zero-order valence-corrected chi connectivity index (χ0v) is 14.7. The van der Waals surface area contributed by atoms with Crippen LogP contribution in [-0.2, 0) is 16.2 Å². The number of hydrogen-bond donors (Lipinski definition) is 1. The van der Waals surface area contributed by atoms with E-state index in [1.165, 1.54) is 11.4 Å². The molecular weight excluding hydrogens is 365 g/mol. The Morgan fingerprint density at radius 1 is 1.08 bits per heavy atom. The summed E-state index contributed by atoms with van der Waals surface area (Å²) in [6, 6.07) is 4.25. The molecule has 9 heteroatoms. The van der Waals surface area contributed by atoms with Crippen LogP contribution in [0.1, 0.15) is 31.2 Å². The van der Waals surface area contributed by atoms with Crippen LogP contribution in [0.4, 0.5) is 13.2 Å². The number of nitrogens with one attached hydrogen (secondary N) is 1. The first-order valence-electron chi connectivity index (χ1n) is 7.59. The molecule has 136 valence electrons. The number of halogens is 4. The standard InChI is InChI=1S/C15H19F3N2O2S.ClH/c1-20(13-8-11-4-5-12(9-13)19-11)23(21,22)14-6-2-10(3-7-14)15(16,17)18;/h2-3,6-7,11-13,19H,4-5,8-9H2,1H3;1H. The third kappa shape index (κ3) is 3.71. The van der Waals surface area contributed by atoms with Gasteiger partial charge in [0, 0.05) is 25.2 Å². The van der Waals surface area contributed by atoms with Crippen molar-refractivity contribution in [1.82, 2.24) is 9.62 Å². The Hall–Kier alpha value is -0.830. The number of fused-ring (bicyclic) bond motifs is 2. The molecule has 1 N–H and O–H groups in total. The summed E-state index contributed by atoms with van der Waals surface area (Å²) in [5.41, 5.74) is -0.848. The minimum absolute atomic E-state index is 0. The van der Waals surface area contributed by atoms with E-state index in [0.717, 1.165) is 49.9 Å². The average Bonchev–Trinajstić information content (AvgIpc) is 2.84. The van der Waals surface area contributed by atoms with Crippen molar-refractivity contribution >= 4 is 22.4 Å². The molecule has 0 aromatic heterocycles. The van der Waals surface area contributed by atoms with Gasteiger partial charge in [-0.25, -0.2) is 8.42 Å². The number of sulfonamides is 1. The van der Waals surface area contributed by atoms with Crippen LogP contribution in [0.15, 0.2) is 29.2 Å². The number of alkyl halides is 3. The Bertz CT molecular complexity index is 667. The molecule has 1 aromatic carbocycles. The van der Waals surface area contributed by atoms with Gasteiger partial charge in [0.25, 0.3) is 0 Å². The van der Waals surface area contributed by atoms with Crippen molar-refractivity contribution in [1.29, 1.82) is 0 Å². The predicted molar refractivity (Wildman–Crippen MR) is 86.6 cm³/mol. The number of hydrogen-bond acceptors (Lipinski definition) is 3. The van der Waals surface area contributed by atoms with Gasteiger partial charge in [0.1, 0.15) is 0 Å². The van der Waals surface area contributed by atoms with Crippen LogP contribution >= 0.6 is 12.4 Å². The predicted octanol–water partition coefficient (Wildman–Crippen LogP) is 3.03. The second kappa shape index (κ2) is 6.82. The van der Waals surface area contributed by atoms with Crippen LogP contribution in [0.25, 0.3) is 0 Å². The molecular formula is C15H20ClF3N2O2S. The Kier molecular flexibility index (Phi) is 5.54. The minimum atomic E-state index is -4.47. The number of piperidine rings is 1. The SMILES string of the molecule is CN(C1CC2CCC(C1)N2)S(=O)(=O)c1ccc(C(F)(F)F)cc1.Cl. The smallest absolute Gasteiger partial charge is 0.311 e. The summed E-state index contributed by atoms with van der Waals surface area (Å²) in [6.07, 6.45) is -0.882. The van der Waals surface area contributed by atoms with E-state index < -0.39 is 21.8 Å². The van der Waals surface area contributed by atoms with Crippen molar-refractivity contribution in [2.75, 3.05) is 7.05 Å². The quantitative estimate of drug-likeness (QED) is 0.871. The number of benzene rings is 1. The molecule has 2 aliphatic heterocycles. The lowest BCUT2D eigenvalue weighted by atomic mass is 10.0. The Morgan fingerprint density at radius 2 is 1.58 bits per heavy atom. The van der Waals surface area contributed by atoms with E-state index in [0.29, 0.717) is 12.1 Å². The summed E-state index contributed by atoms with van der Waals surface area (Å²) >= 11 is 0. The van der Waals surface area contributed by atoms with E-state index >= 15 is 0 Å². The van der Waals surface area contributed by atoms with Crippen molar-refractivity contribution in [2.45, 2.75) is 54.9 Å². The molecule has 2 unspecified atom stereocenters. The van der Waals surface area contributed by atoms with Crippen molar-refractivity contribution < 1.29 is 21.6 Å². The lowest BCUT2D eigenvalue weighted by Gasteiger charge is -2.34. The third-order valence-corrected chi connectivity index (χ3v) is 6.75. The Balaban J connectivity index is 0.00000208. The summed E-state index contributed by atoms with van der Waals surface area (Å²) in [5.74, 6) is 0. The second-order valence-electron chi connectivity index (χ2n) is 6.31. The zero-order valence-electron chi connectivity index (χ0n) is 13.1. The van der Waals surface area contributed by atoms with Crippen LogP contribution in [0.2, 0.25) is 0 Å². The molecule has 2 atom stereocenters. The summed E-state index contributed by atoms with van der Waals surface area (Å²) in [4.78, 5) is -0.0983. The van der Waals surface area contributed by atoms with Crippen LogP contribution in [0, 0.1) is 0 Å². The summed E-state index contributed by atoms with van der Waals surface area (Å²) < 4.78 is 64.4. The highest BCUT2D eigenvalue weighted by Gasteiger charge is 2.39. The first-order valence-corrected chi connectivity index (χ1v) is 9.03. The van der Waals surface area contributed by atoms with Gasteiger partial charge in [-0.15, -0.1) is 12.4 Å². The van der Waals surface area contributed by atoms with E-state index in [-0.39, 0.29) is 23.3 Å². The minimum Gasteiger partial charge on any atom is -0.311 e. The van der Waals surface area contributed by atoms with Crippen molar-refractivity contribution in [3.8, 4) is 0 Å². The van der Waals surface area contributed by atoms with Gasteiger partial charge in [0.2, 0.25) is 10.0 Å². The molecule has 3 rings (SSSR count). The second-order valence-corrected chi connectivity index (χ2v) is 8.30. The number of nitrogens with zero attached hydrogens (tertiary/aromatic N) is 1. The maximum absolute atomic E-state index is 12.7. The van der Waals surface area contributed by atoms with Gasteiger partial charge in [-0.1, -0.05) is 0 Å². The van der Waals surface area contributed by atoms with E-state index in [4.69, 9.17) is 0 Å². The molecule has 2 saturated heterocycles. The van der Waals surface area contributed by atoms with Gasteiger partial charge in [-0.05, 0) is 49.9 Å². The van der Waals surface area contributed by atoms with Gasteiger partial charge < -0.3 is 5.32 Å². The van der Waals surface area contributed by atoms with E-state index in [9.17, 15) is 21.6 Å². The molecule has 0 amide bonds. The van der Waals surface area contributed by atoms with E-state index in [2.05, 4.69) is 5.32 Å². The fourth-order valence-electron chi connectivity index (χ4n) is 3.50. The van der Waals surface area contributed by atoms with Crippen LogP contribution in [0.5, 0.6) is 0 Å². The van der Waals surface area contributed by atoms with Gasteiger partial charge in [-0.2, -0.15) is 17.5 Å². The molecule has 0 aliphatic carbocycles. The lowest BCUT2D eigenvalue weighted by molar-refractivity contribution is -0.137. The van der Waals surface area contributed by atoms with Crippen LogP contribution in [0.3, 0.4) is 0 Å². The highest BCUT2D eigenvalue weighted by molar-refractivity contribution is 7.89. The first kappa shape index (κ1) is 19.5. The topological polar surface area (TPSA) is 49.4 Å². The monoisotopic (exact) mass is 384 g/mol. The molecule has 24 heavy (non-hydrogen) atoms. The van der Waals surface area contributed by atoms with Crippen molar-refractivity contribution in [3.05, 3.63) is 29.8 Å². The molecule has 1 aromatic rings. The van der Waals surface area contributed by atoms with Gasteiger partial charge in [-0.3, -0.25) is 0 Å². The van der Waals surface area contributed by atoms with Crippen molar-refractivity contribution in [2.24, 2.45) is 0 Å². The van der Waals surface area contributed by atoms with Crippen LogP contribution < -0.4 is 5.32 Å². The fraction of sp³-hybridized carbons (Fsp3) is 0.600. The highest BCUT2D eigenvalue weighted by Crippen LogP contribution is 2.33. The zero-order chi connectivity index (χ0) is 16.8. The van der Waals surface area contributed by atoms with E-state index in [1.807, 2.05) is 0 Å². The van der Waals surface area contributed by atoms with Gasteiger partial charge >= 0.3 is 6.18 Å². The maximum atomic E-state index is 12.7. The van der Waals surface area contributed by atoms with Gasteiger partial charge in [0.15, 0.2) is 0 Å². The normalized spacial score (nSPS) is 27.1. The molecule has 2 aliphatic rings. The maximum Gasteiger partial charge on any atom is 0.416 e.